The number of rotatable bonds is 9. The van der Waals surface area contributed by atoms with E-state index in [1.54, 1.807) is 6.07 Å². The number of aromatic hydroxyl groups is 1. The Hall–Kier alpha value is -1.51. The average molecular weight is 322 g/mol. The van der Waals surface area contributed by atoms with E-state index in [1.165, 1.54) is 32.1 Å². The van der Waals surface area contributed by atoms with Crippen LogP contribution in [0, 0.1) is 6.92 Å². The lowest BCUT2D eigenvalue weighted by Gasteiger charge is -2.07. The van der Waals surface area contributed by atoms with Gasteiger partial charge in [-0.15, -0.1) is 0 Å². The van der Waals surface area contributed by atoms with Crippen molar-refractivity contribution in [2.24, 2.45) is 0 Å². The average Bonchev–Trinajstić information content (AvgIpc) is 2.46. The third kappa shape index (κ3) is 11.7. The Bertz CT molecular complexity index is 439. The molecule has 0 saturated heterocycles. The molecule has 1 rings (SSSR count). The molecule has 132 valence electrons. The molecule has 1 aromatic carbocycles. The predicted molar refractivity (Wildman–Crippen MR) is 97.2 cm³/mol. The molecule has 0 fully saturated rings. The van der Waals surface area contributed by atoms with Crippen molar-refractivity contribution in [3.63, 3.8) is 0 Å². The van der Waals surface area contributed by atoms with E-state index in [4.69, 9.17) is 5.11 Å². The SMILES string of the molecule is CCCCCCCCCC(=O)O.Cc1ccc(C(C)C)c(O)c1. The van der Waals surface area contributed by atoms with Gasteiger partial charge in [-0.2, -0.15) is 0 Å². The second-order valence-corrected chi connectivity index (χ2v) is 6.48. The van der Waals surface area contributed by atoms with E-state index in [9.17, 15) is 9.90 Å². The Morgan fingerprint density at radius 1 is 1.04 bits per heavy atom. The van der Waals surface area contributed by atoms with Crippen LogP contribution in [-0.4, -0.2) is 16.2 Å². The molecule has 2 N–H and O–H groups in total. The molecule has 1 aromatic rings. The molecule has 0 aromatic heterocycles. The highest BCUT2D eigenvalue weighted by Gasteiger charge is 2.04. The number of carboxylic acids is 1. The zero-order valence-corrected chi connectivity index (χ0v) is 15.3. The minimum Gasteiger partial charge on any atom is -0.508 e. The van der Waals surface area contributed by atoms with Gasteiger partial charge in [-0.3, -0.25) is 4.79 Å². The number of unbranched alkanes of at least 4 members (excludes halogenated alkanes) is 6. The maximum atomic E-state index is 10.1. The Morgan fingerprint density at radius 2 is 1.61 bits per heavy atom. The minimum absolute atomic E-state index is 0.341. The van der Waals surface area contributed by atoms with Crippen LogP contribution in [0.25, 0.3) is 0 Å². The van der Waals surface area contributed by atoms with Crippen LogP contribution < -0.4 is 0 Å². The lowest BCUT2D eigenvalue weighted by Crippen LogP contribution is -1.93. The van der Waals surface area contributed by atoms with Gasteiger partial charge in [0.15, 0.2) is 0 Å². The van der Waals surface area contributed by atoms with E-state index in [2.05, 4.69) is 20.8 Å². The smallest absolute Gasteiger partial charge is 0.303 e. The van der Waals surface area contributed by atoms with E-state index >= 15 is 0 Å². The van der Waals surface area contributed by atoms with Gasteiger partial charge >= 0.3 is 5.97 Å². The molecule has 3 nitrogen and oxygen atoms in total. The van der Waals surface area contributed by atoms with Gasteiger partial charge in [-0.1, -0.05) is 71.4 Å². The highest BCUT2D eigenvalue weighted by molar-refractivity contribution is 5.66. The van der Waals surface area contributed by atoms with E-state index in [-0.39, 0.29) is 0 Å². The standard InChI is InChI=1S/C10H20O2.C10H14O/c1-2-3-4-5-6-7-8-9-10(11)12;1-7(2)9-5-4-8(3)6-10(9)11/h2-9H2,1H3,(H,11,12);4-7,11H,1-3H3. The van der Waals surface area contributed by atoms with Crippen molar-refractivity contribution in [2.45, 2.75) is 85.0 Å². The number of hydrogen-bond donors (Lipinski definition) is 2. The lowest BCUT2D eigenvalue weighted by molar-refractivity contribution is -0.137. The Morgan fingerprint density at radius 3 is 2.09 bits per heavy atom. The first kappa shape index (κ1) is 21.5. The molecule has 0 aliphatic rings. The van der Waals surface area contributed by atoms with Gasteiger partial charge in [0.05, 0.1) is 0 Å². The second-order valence-electron chi connectivity index (χ2n) is 6.48. The van der Waals surface area contributed by atoms with Gasteiger partial charge in [0.1, 0.15) is 5.75 Å². The first-order valence-corrected chi connectivity index (χ1v) is 8.89. The number of hydrogen-bond acceptors (Lipinski definition) is 2. The zero-order chi connectivity index (χ0) is 17.7. The van der Waals surface area contributed by atoms with Crippen molar-refractivity contribution in [2.75, 3.05) is 0 Å². The second kappa shape index (κ2) is 13.0. The summed E-state index contributed by atoms with van der Waals surface area (Å²) in [4.78, 5) is 10.1. The van der Waals surface area contributed by atoms with Crippen LogP contribution >= 0.6 is 0 Å². The minimum atomic E-state index is -0.663. The number of aliphatic carboxylic acids is 1. The molecule has 23 heavy (non-hydrogen) atoms. The number of carbonyl (C=O) groups is 1. The molecule has 0 amide bonds. The largest absolute Gasteiger partial charge is 0.508 e. The summed E-state index contributed by atoms with van der Waals surface area (Å²) in [6.07, 6.45) is 8.64. The Kier molecular flexibility index (Phi) is 12.1. The monoisotopic (exact) mass is 322 g/mol. The summed E-state index contributed by atoms with van der Waals surface area (Å²) in [6, 6.07) is 5.81. The molecule has 0 bridgehead atoms. The summed E-state index contributed by atoms with van der Waals surface area (Å²) in [5, 5.41) is 17.8. The van der Waals surface area contributed by atoms with E-state index < -0.39 is 5.97 Å². The number of benzene rings is 1. The highest BCUT2D eigenvalue weighted by atomic mass is 16.4. The topological polar surface area (TPSA) is 57.5 Å². The van der Waals surface area contributed by atoms with Crippen LogP contribution in [0.15, 0.2) is 18.2 Å². The van der Waals surface area contributed by atoms with Crippen LogP contribution in [0.2, 0.25) is 0 Å². The van der Waals surface area contributed by atoms with Crippen molar-refractivity contribution in [1.82, 2.24) is 0 Å². The molecular weight excluding hydrogens is 288 g/mol. The molecule has 0 atom stereocenters. The normalized spacial score (nSPS) is 10.3. The predicted octanol–water partition coefficient (Wildman–Crippen LogP) is 6.04. The summed E-state index contributed by atoms with van der Waals surface area (Å²) >= 11 is 0. The summed E-state index contributed by atoms with van der Waals surface area (Å²) in [5.74, 6) is 0.152. The van der Waals surface area contributed by atoms with Gasteiger partial charge in [-0.05, 0) is 36.5 Å². The highest BCUT2D eigenvalue weighted by Crippen LogP contribution is 2.25. The van der Waals surface area contributed by atoms with Crippen molar-refractivity contribution in [3.8, 4) is 5.75 Å². The lowest BCUT2D eigenvalue weighted by atomic mass is 10.0. The molecule has 3 heteroatoms. The molecule has 0 heterocycles. The summed E-state index contributed by atoms with van der Waals surface area (Å²) in [7, 11) is 0. The number of aryl methyl sites for hydroxylation is 1. The third-order valence-electron chi connectivity index (χ3n) is 3.80. The number of carboxylic acid groups (broad SMARTS) is 1. The van der Waals surface area contributed by atoms with Crippen molar-refractivity contribution < 1.29 is 15.0 Å². The Balaban J connectivity index is 0.000000422. The fourth-order valence-corrected chi connectivity index (χ4v) is 2.38. The van der Waals surface area contributed by atoms with Crippen LogP contribution in [-0.2, 0) is 4.79 Å². The molecule has 0 saturated carbocycles. The number of phenols is 1. The summed E-state index contributed by atoms with van der Waals surface area (Å²) in [6.45, 7) is 8.32. The maximum absolute atomic E-state index is 10.1. The van der Waals surface area contributed by atoms with Gasteiger partial charge in [-0.25, -0.2) is 0 Å². The van der Waals surface area contributed by atoms with Crippen LogP contribution in [0.3, 0.4) is 0 Å². The quantitative estimate of drug-likeness (QED) is 0.545. The maximum Gasteiger partial charge on any atom is 0.303 e. The van der Waals surface area contributed by atoms with E-state index in [0.717, 1.165) is 24.0 Å². The summed E-state index contributed by atoms with van der Waals surface area (Å²) < 4.78 is 0. The summed E-state index contributed by atoms with van der Waals surface area (Å²) in [5.41, 5.74) is 2.13. The first-order chi connectivity index (χ1) is 10.9. The fraction of sp³-hybridized carbons (Fsp3) is 0.650. The molecule has 0 spiro atoms. The third-order valence-corrected chi connectivity index (χ3v) is 3.80. The zero-order valence-electron chi connectivity index (χ0n) is 15.3. The molecule has 0 aliphatic carbocycles. The van der Waals surface area contributed by atoms with Crippen LogP contribution in [0.5, 0.6) is 5.75 Å². The van der Waals surface area contributed by atoms with Crippen LogP contribution in [0.4, 0.5) is 0 Å². The fourth-order valence-electron chi connectivity index (χ4n) is 2.38. The van der Waals surface area contributed by atoms with Gasteiger partial charge in [0, 0.05) is 6.42 Å². The van der Waals surface area contributed by atoms with Crippen molar-refractivity contribution in [3.05, 3.63) is 29.3 Å². The van der Waals surface area contributed by atoms with Crippen molar-refractivity contribution >= 4 is 5.97 Å². The van der Waals surface area contributed by atoms with Crippen molar-refractivity contribution in [1.29, 1.82) is 0 Å². The molecule has 0 radical (unpaired) electrons. The molecular formula is C20H34O3. The number of phenolic OH excluding ortho intramolecular Hbond substituents is 1. The van der Waals surface area contributed by atoms with Gasteiger partial charge < -0.3 is 10.2 Å². The van der Waals surface area contributed by atoms with E-state index in [1.807, 2.05) is 19.1 Å². The Labute approximate surface area is 141 Å². The molecule has 0 aliphatic heterocycles. The van der Waals surface area contributed by atoms with E-state index in [0.29, 0.717) is 18.1 Å². The van der Waals surface area contributed by atoms with Gasteiger partial charge in [0.2, 0.25) is 0 Å². The first-order valence-electron chi connectivity index (χ1n) is 8.89. The van der Waals surface area contributed by atoms with Crippen LogP contribution in [0.1, 0.15) is 89.2 Å². The molecule has 0 unspecified atom stereocenters. The van der Waals surface area contributed by atoms with Gasteiger partial charge in [0.25, 0.3) is 0 Å².